The summed E-state index contributed by atoms with van der Waals surface area (Å²) in [7, 11) is 0. The van der Waals surface area contributed by atoms with Crippen molar-refractivity contribution in [2.75, 3.05) is 16.9 Å². The Morgan fingerprint density at radius 1 is 1.20 bits per heavy atom. The van der Waals surface area contributed by atoms with Crippen molar-refractivity contribution in [2.45, 2.75) is 6.42 Å². The summed E-state index contributed by atoms with van der Waals surface area (Å²) in [6.07, 6.45) is 2.33. The van der Waals surface area contributed by atoms with Crippen LogP contribution in [0.15, 0.2) is 60.8 Å². The van der Waals surface area contributed by atoms with Crippen LogP contribution < -0.4 is 10.4 Å². The minimum atomic E-state index is -0.605. The molecule has 0 bridgehead atoms. The summed E-state index contributed by atoms with van der Waals surface area (Å²) in [4.78, 5) is 11.7. The minimum Gasteiger partial charge on any atom is -0.355 e. The summed E-state index contributed by atoms with van der Waals surface area (Å²) in [5.74, 6) is -0.320. The zero-order chi connectivity index (χ0) is 21.1. The monoisotopic (exact) mass is 424 g/mol. The van der Waals surface area contributed by atoms with Gasteiger partial charge in [0.25, 0.3) is 0 Å². The molecule has 2 heterocycles. The Hall–Kier alpha value is -3.49. The Balaban J connectivity index is 1.54. The molecule has 0 aliphatic rings. The SMILES string of the molecule is N=C(c1ccnc2nc(NCCc3ccccc3)[nH]c12)N(O)c1ccc(F)c(Cl)c1. The van der Waals surface area contributed by atoms with Gasteiger partial charge in [-0.3, -0.25) is 10.6 Å². The normalized spacial score (nSPS) is 10.9. The number of hydrogen-bond donors (Lipinski definition) is 4. The van der Waals surface area contributed by atoms with E-state index in [9.17, 15) is 9.60 Å². The summed E-state index contributed by atoms with van der Waals surface area (Å²) < 4.78 is 13.4. The third kappa shape index (κ3) is 4.10. The predicted molar refractivity (Wildman–Crippen MR) is 115 cm³/mol. The predicted octanol–water partition coefficient (Wildman–Crippen LogP) is 4.63. The van der Waals surface area contributed by atoms with Crippen LogP contribution in [-0.4, -0.2) is 32.5 Å². The molecule has 4 N–H and O–H groups in total. The summed E-state index contributed by atoms with van der Waals surface area (Å²) in [6, 6.07) is 15.4. The Labute approximate surface area is 176 Å². The van der Waals surface area contributed by atoms with Crippen molar-refractivity contribution in [2.24, 2.45) is 0 Å². The molecule has 0 unspecified atom stereocenters. The summed E-state index contributed by atoms with van der Waals surface area (Å²) in [6.45, 7) is 0.664. The maximum atomic E-state index is 13.4. The number of anilines is 2. The van der Waals surface area contributed by atoms with Gasteiger partial charge >= 0.3 is 0 Å². The number of fused-ring (bicyclic) bond motifs is 1. The van der Waals surface area contributed by atoms with Crippen molar-refractivity contribution < 1.29 is 9.60 Å². The molecular formula is C21H18ClFN6O. The van der Waals surface area contributed by atoms with Crippen LogP contribution in [-0.2, 0) is 6.42 Å². The van der Waals surface area contributed by atoms with E-state index in [0.29, 0.717) is 34.3 Å². The molecule has 2 aromatic carbocycles. The molecule has 30 heavy (non-hydrogen) atoms. The molecule has 0 aliphatic carbocycles. The second-order valence-electron chi connectivity index (χ2n) is 6.56. The van der Waals surface area contributed by atoms with Crippen LogP contribution in [0.3, 0.4) is 0 Å². The molecule has 0 amide bonds. The van der Waals surface area contributed by atoms with E-state index in [2.05, 4.69) is 32.4 Å². The lowest BCUT2D eigenvalue weighted by Gasteiger charge is -2.18. The quantitative estimate of drug-likeness (QED) is 0.205. The topological polar surface area (TPSA) is 101 Å². The number of halogens is 2. The number of benzene rings is 2. The molecule has 0 saturated heterocycles. The summed E-state index contributed by atoms with van der Waals surface area (Å²) >= 11 is 5.78. The average Bonchev–Trinajstić information content (AvgIpc) is 3.18. The van der Waals surface area contributed by atoms with Crippen molar-refractivity contribution >= 4 is 40.2 Å². The number of aromatic nitrogens is 3. The molecule has 0 radical (unpaired) electrons. The smallest absolute Gasteiger partial charge is 0.202 e. The largest absolute Gasteiger partial charge is 0.355 e. The van der Waals surface area contributed by atoms with Crippen molar-refractivity contribution in [1.82, 2.24) is 15.0 Å². The number of rotatable bonds is 6. The maximum Gasteiger partial charge on any atom is 0.202 e. The second kappa shape index (κ2) is 8.48. The maximum absolute atomic E-state index is 13.4. The highest BCUT2D eigenvalue weighted by atomic mass is 35.5. The number of aromatic amines is 1. The highest BCUT2D eigenvalue weighted by molar-refractivity contribution is 6.31. The van der Waals surface area contributed by atoms with E-state index < -0.39 is 5.82 Å². The first-order valence-electron chi connectivity index (χ1n) is 9.18. The highest BCUT2D eigenvalue weighted by Gasteiger charge is 2.18. The highest BCUT2D eigenvalue weighted by Crippen LogP contribution is 2.24. The molecule has 152 valence electrons. The first-order valence-corrected chi connectivity index (χ1v) is 9.56. The fourth-order valence-electron chi connectivity index (χ4n) is 3.02. The molecule has 0 aliphatic heterocycles. The van der Waals surface area contributed by atoms with Gasteiger partial charge in [-0.15, -0.1) is 0 Å². The van der Waals surface area contributed by atoms with Gasteiger partial charge in [0, 0.05) is 18.3 Å². The van der Waals surface area contributed by atoms with Crippen LogP contribution in [0.5, 0.6) is 0 Å². The second-order valence-corrected chi connectivity index (χ2v) is 6.97. The minimum absolute atomic E-state index is 0.148. The first kappa shape index (κ1) is 19.8. The van der Waals surface area contributed by atoms with Gasteiger partial charge in [-0.05, 0) is 36.2 Å². The summed E-state index contributed by atoms with van der Waals surface area (Å²) in [5, 5.41) is 22.5. The van der Waals surface area contributed by atoms with Crippen molar-refractivity contribution in [1.29, 1.82) is 5.41 Å². The average molecular weight is 425 g/mol. The van der Waals surface area contributed by atoms with E-state index in [0.717, 1.165) is 12.5 Å². The molecule has 0 fully saturated rings. The Morgan fingerprint density at radius 2 is 2.00 bits per heavy atom. The van der Waals surface area contributed by atoms with Gasteiger partial charge in [-0.1, -0.05) is 41.9 Å². The first-order chi connectivity index (χ1) is 14.5. The van der Waals surface area contributed by atoms with Gasteiger partial charge in [0.15, 0.2) is 11.5 Å². The van der Waals surface area contributed by atoms with E-state index in [4.69, 9.17) is 17.0 Å². The van der Waals surface area contributed by atoms with Gasteiger partial charge < -0.3 is 10.3 Å². The van der Waals surface area contributed by atoms with Gasteiger partial charge in [-0.2, -0.15) is 4.98 Å². The number of amidine groups is 1. The lowest BCUT2D eigenvalue weighted by molar-refractivity contribution is 0.312. The Morgan fingerprint density at radius 3 is 2.77 bits per heavy atom. The van der Waals surface area contributed by atoms with Gasteiger partial charge in [-0.25, -0.2) is 14.4 Å². The number of pyridine rings is 1. The van der Waals surface area contributed by atoms with Crippen LogP contribution in [0.25, 0.3) is 11.2 Å². The lowest BCUT2D eigenvalue weighted by atomic mass is 10.1. The van der Waals surface area contributed by atoms with Crippen LogP contribution in [0, 0.1) is 11.2 Å². The van der Waals surface area contributed by atoms with E-state index in [-0.39, 0.29) is 16.5 Å². The number of nitrogens with one attached hydrogen (secondary N) is 3. The number of hydroxylamine groups is 1. The molecule has 0 saturated carbocycles. The van der Waals surface area contributed by atoms with Crippen molar-refractivity contribution in [3.05, 3.63) is 82.8 Å². The van der Waals surface area contributed by atoms with Crippen molar-refractivity contribution in [3.8, 4) is 0 Å². The number of H-pyrrole nitrogens is 1. The van der Waals surface area contributed by atoms with E-state index in [1.807, 2.05) is 18.2 Å². The van der Waals surface area contributed by atoms with Gasteiger partial charge in [0.05, 0.1) is 16.2 Å². The standard InChI is InChI=1S/C21H18ClFN6O/c22-16-12-14(6-7-17(16)23)29(30)19(24)15-9-11-25-20-18(15)27-21(28-20)26-10-8-13-4-2-1-3-5-13/h1-7,9,11-12,24,30H,8,10H2,(H2,25,26,27,28). The van der Waals surface area contributed by atoms with E-state index in [1.54, 1.807) is 6.07 Å². The van der Waals surface area contributed by atoms with Crippen LogP contribution >= 0.6 is 11.6 Å². The molecular weight excluding hydrogens is 407 g/mol. The van der Waals surface area contributed by atoms with Crippen LogP contribution in [0.2, 0.25) is 5.02 Å². The number of imidazole rings is 1. The summed E-state index contributed by atoms with van der Waals surface area (Å²) in [5.41, 5.74) is 2.65. The molecule has 4 rings (SSSR count). The zero-order valence-corrected chi connectivity index (χ0v) is 16.5. The van der Waals surface area contributed by atoms with Crippen LogP contribution in [0.4, 0.5) is 16.0 Å². The molecule has 9 heteroatoms. The van der Waals surface area contributed by atoms with Gasteiger partial charge in [0.1, 0.15) is 5.82 Å². The molecule has 2 aromatic heterocycles. The van der Waals surface area contributed by atoms with Crippen LogP contribution in [0.1, 0.15) is 11.1 Å². The lowest BCUT2D eigenvalue weighted by Crippen LogP contribution is -2.27. The number of hydrogen-bond acceptors (Lipinski definition) is 5. The van der Waals surface area contributed by atoms with E-state index in [1.165, 1.54) is 23.9 Å². The molecule has 7 nitrogen and oxygen atoms in total. The molecule has 0 spiro atoms. The van der Waals surface area contributed by atoms with E-state index >= 15 is 0 Å². The molecule has 0 atom stereocenters. The Bertz CT molecular complexity index is 1200. The number of nitrogens with zero attached hydrogens (tertiary/aromatic N) is 3. The molecule has 4 aromatic rings. The third-order valence-electron chi connectivity index (χ3n) is 4.56. The fraction of sp³-hybridized carbons (Fsp3) is 0.0952. The Kier molecular flexibility index (Phi) is 5.60. The fourth-order valence-corrected chi connectivity index (χ4v) is 3.20. The van der Waals surface area contributed by atoms with Gasteiger partial charge in [0.2, 0.25) is 5.95 Å². The zero-order valence-electron chi connectivity index (χ0n) is 15.7. The third-order valence-corrected chi connectivity index (χ3v) is 4.85. The van der Waals surface area contributed by atoms with Crippen molar-refractivity contribution in [3.63, 3.8) is 0 Å².